The fraction of sp³-hybridized carbons (Fsp3) is 0.353. The van der Waals surface area contributed by atoms with Crippen molar-refractivity contribution in [2.24, 2.45) is 0 Å². The SMILES string of the molecule is COc1cc(CN2CCc3nccc(N)c3C2)ccc1OC(F)F. The van der Waals surface area contributed by atoms with Crippen LogP contribution in [-0.2, 0) is 19.5 Å². The van der Waals surface area contributed by atoms with Crippen LogP contribution in [0.3, 0.4) is 0 Å². The van der Waals surface area contributed by atoms with Gasteiger partial charge in [-0.3, -0.25) is 9.88 Å². The van der Waals surface area contributed by atoms with E-state index in [0.29, 0.717) is 18.8 Å². The molecule has 0 amide bonds. The Kier molecular flexibility index (Phi) is 4.80. The van der Waals surface area contributed by atoms with E-state index in [4.69, 9.17) is 10.5 Å². The maximum atomic E-state index is 12.4. The zero-order chi connectivity index (χ0) is 17.1. The largest absolute Gasteiger partial charge is 0.493 e. The molecule has 24 heavy (non-hydrogen) atoms. The Morgan fingerprint density at radius 3 is 2.88 bits per heavy atom. The number of fused-ring (bicyclic) bond motifs is 1. The van der Waals surface area contributed by atoms with Gasteiger partial charge in [-0.15, -0.1) is 0 Å². The molecule has 0 saturated heterocycles. The summed E-state index contributed by atoms with van der Waals surface area (Å²) in [5, 5.41) is 0. The Bertz CT molecular complexity index is 725. The molecule has 1 aliphatic rings. The number of nitrogens with two attached hydrogens (primary N) is 1. The molecular weight excluding hydrogens is 316 g/mol. The molecule has 0 saturated carbocycles. The molecule has 3 rings (SSSR count). The molecule has 2 N–H and O–H groups in total. The van der Waals surface area contributed by atoms with Gasteiger partial charge in [0.15, 0.2) is 11.5 Å². The molecule has 128 valence electrons. The summed E-state index contributed by atoms with van der Waals surface area (Å²) in [6.45, 7) is -0.633. The Morgan fingerprint density at radius 2 is 2.12 bits per heavy atom. The lowest BCUT2D eigenvalue weighted by Gasteiger charge is -2.29. The fourth-order valence-corrected chi connectivity index (χ4v) is 2.91. The highest BCUT2D eigenvalue weighted by atomic mass is 19.3. The number of aromatic nitrogens is 1. The summed E-state index contributed by atoms with van der Waals surface area (Å²) in [5.74, 6) is 0.333. The molecule has 0 spiro atoms. The van der Waals surface area contributed by atoms with E-state index in [1.807, 2.05) is 6.07 Å². The molecule has 1 aromatic carbocycles. The topological polar surface area (TPSA) is 60.6 Å². The second-order valence-electron chi connectivity index (χ2n) is 5.65. The fourth-order valence-electron chi connectivity index (χ4n) is 2.91. The first-order chi connectivity index (χ1) is 11.6. The highest BCUT2D eigenvalue weighted by molar-refractivity contribution is 5.49. The zero-order valence-electron chi connectivity index (χ0n) is 13.3. The van der Waals surface area contributed by atoms with Gasteiger partial charge in [-0.25, -0.2) is 0 Å². The number of alkyl halides is 2. The normalized spacial score (nSPS) is 14.5. The van der Waals surface area contributed by atoms with Crippen molar-refractivity contribution in [1.29, 1.82) is 0 Å². The molecule has 0 atom stereocenters. The van der Waals surface area contributed by atoms with E-state index in [9.17, 15) is 8.78 Å². The molecule has 0 radical (unpaired) electrons. The van der Waals surface area contributed by atoms with Crippen molar-refractivity contribution in [2.75, 3.05) is 19.4 Å². The average molecular weight is 335 g/mol. The Morgan fingerprint density at radius 1 is 1.29 bits per heavy atom. The molecule has 0 fully saturated rings. The third kappa shape index (κ3) is 3.56. The number of hydrogen-bond donors (Lipinski definition) is 1. The number of nitrogen functional groups attached to an aromatic ring is 1. The number of nitrogens with zero attached hydrogens (tertiary/aromatic N) is 2. The number of pyridine rings is 1. The Labute approximate surface area is 139 Å². The van der Waals surface area contributed by atoms with Gasteiger partial charge in [0.2, 0.25) is 0 Å². The van der Waals surface area contributed by atoms with E-state index in [-0.39, 0.29) is 5.75 Å². The monoisotopic (exact) mass is 335 g/mol. The van der Waals surface area contributed by atoms with Crippen LogP contribution in [0, 0.1) is 0 Å². The van der Waals surface area contributed by atoms with Gasteiger partial charge in [-0.05, 0) is 23.8 Å². The summed E-state index contributed by atoms with van der Waals surface area (Å²) >= 11 is 0. The van der Waals surface area contributed by atoms with Crippen molar-refractivity contribution < 1.29 is 18.3 Å². The molecule has 5 nitrogen and oxygen atoms in total. The second-order valence-corrected chi connectivity index (χ2v) is 5.65. The van der Waals surface area contributed by atoms with Crippen LogP contribution >= 0.6 is 0 Å². The van der Waals surface area contributed by atoms with Crippen molar-refractivity contribution in [1.82, 2.24) is 9.88 Å². The van der Waals surface area contributed by atoms with E-state index >= 15 is 0 Å². The van der Waals surface area contributed by atoms with Gasteiger partial charge < -0.3 is 15.2 Å². The van der Waals surface area contributed by atoms with Gasteiger partial charge >= 0.3 is 6.61 Å². The lowest BCUT2D eigenvalue weighted by Crippen LogP contribution is -2.31. The molecule has 7 heteroatoms. The first kappa shape index (κ1) is 16.4. The first-order valence-corrected chi connectivity index (χ1v) is 7.63. The van der Waals surface area contributed by atoms with Crippen LogP contribution in [0.5, 0.6) is 11.5 Å². The Hall–Kier alpha value is -2.41. The van der Waals surface area contributed by atoms with Gasteiger partial charge in [0.25, 0.3) is 0 Å². The van der Waals surface area contributed by atoms with Crippen LogP contribution in [0.1, 0.15) is 16.8 Å². The summed E-state index contributed by atoms with van der Waals surface area (Å²) < 4.78 is 34.4. The highest BCUT2D eigenvalue weighted by Gasteiger charge is 2.20. The average Bonchev–Trinajstić information content (AvgIpc) is 2.56. The number of benzene rings is 1. The quantitative estimate of drug-likeness (QED) is 0.910. The van der Waals surface area contributed by atoms with Crippen LogP contribution in [0.2, 0.25) is 0 Å². The zero-order valence-corrected chi connectivity index (χ0v) is 13.3. The summed E-state index contributed by atoms with van der Waals surface area (Å²) in [4.78, 5) is 6.61. The van der Waals surface area contributed by atoms with E-state index in [1.54, 1.807) is 18.3 Å². The van der Waals surface area contributed by atoms with Crippen LogP contribution < -0.4 is 15.2 Å². The number of methoxy groups -OCH3 is 1. The minimum atomic E-state index is -2.88. The number of anilines is 1. The van der Waals surface area contributed by atoms with E-state index in [0.717, 1.165) is 35.5 Å². The molecule has 2 aromatic rings. The number of halogens is 2. The van der Waals surface area contributed by atoms with Crippen LogP contribution in [-0.4, -0.2) is 30.1 Å². The van der Waals surface area contributed by atoms with Gasteiger partial charge in [0.05, 0.1) is 7.11 Å². The van der Waals surface area contributed by atoms with Crippen molar-refractivity contribution in [2.45, 2.75) is 26.1 Å². The highest BCUT2D eigenvalue weighted by Crippen LogP contribution is 2.31. The molecule has 2 heterocycles. The van der Waals surface area contributed by atoms with Gasteiger partial charge in [0, 0.05) is 49.2 Å². The summed E-state index contributed by atoms with van der Waals surface area (Å²) in [7, 11) is 1.43. The lowest BCUT2D eigenvalue weighted by molar-refractivity contribution is -0.0512. The lowest BCUT2D eigenvalue weighted by atomic mass is 10.0. The maximum Gasteiger partial charge on any atom is 0.387 e. The maximum absolute atomic E-state index is 12.4. The van der Waals surface area contributed by atoms with Crippen molar-refractivity contribution in [3.05, 3.63) is 47.3 Å². The number of ether oxygens (including phenoxy) is 2. The molecule has 1 aliphatic heterocycles. The van der Waals surface area contributed by atoms with Gasteiger partial charge in [0.1, 0.15) is 0 Å². The van der Waals surface area contributed by atoms with Gasteiger partial charge in [-0.2, -0.15) is 8.78 Å². The minimum absolute atomic E-state index is 0.0358. The van der Waals surface area contributed by atoms with Gasteiger partial charge in [-0.1, -0.05) is 6.07 Å². The third-order valence-corrected chi connectivity index (χ3v) is 4.08. The smallest absolute Gasteiger partial charge is 0.387 e. The Balaban J connectivity index is 1.74. The van der Waals surface area contributed by atoms with E-state index < -0.39 is 6.61 Å². The summed E-state index contributed by atoms with van der Waals surface area (Å²) in [5.41, 5.74) is 9.85. The summed E-state index contributed by atoms with van der Waals surface area (Å²) in [6, 6.07) is 6.80. The third-order valence-electron chi connectivity index (χ3n) is 4.08. The molecular formula is C17H19F2N3O2. The van der Waals surface area contributed by atoms with Crippen LogP contribution in [0.4, 0.5) is 14.5 Å². The number of rotatable bonds is 5. The van der Waals surface area contributed by atoms with Crippen molar-refractivity contribution in [3.63, 3.8) is 0 Å². The second kappa shape index (κ2) is 7.00. The van der Waals surface area contributed by atoms with E-state index in [2.05, 4.69) is 14.6 Å². The van der Waals surface area contributed by atoms with Crippen LogP contribution in [0.25, 0.3) is 0 Å². The van der Waals surface area contributed by atoms with E-state index in [1.165, 1.54) is 13.2 Å². The van der Waals surface area contributed by atoms with Crippen LogP contribution in [0.15, 0.2) is 30.5 Å². The predicted molar refractivity (Wildman–Crippen MR) is 86.1 cm³/mol. The predicted octanol–water partition coefficient (Wildman–Crippen LogP) is 2.83. The molecule has 1 aromatic heterocycles. The van der Waals surface area contributed by atoms with Crippen molar-refractivity contribution >= 4 is 5.69 Å². The summed E-state index contributed by atoms with van der Waals surface area (Å²) in [6.07, 6.45) is 2.57. The first-order valence-electron chi connectivity index (χ1n) is 7.63. The molecule has 0 unspecified atom stereocenters. The minimum Gasteiger partial charge on any atom is -0.493 e. The molecule has 0 aliphatic carbocycles. The standard InChI is InChI=1S/C17H19F2N3O2/c1-23-16-8-11(2-3-15(16)24-17(18)19)9-22-7-5-14-12(10-22)13(20)4-6-21-14/h2-4,6,8,17H,5,7,9-10H2,1H3,(H2,20,21). The molecule has 0 bridgehead atoms. The number of hydrogen-bond acceptors (Lipinski definition) is 5. The van der Waals surface area contributed by atoms with Crippen molar-refractivity contribution in [3.8, 4) is 11.5 Å².